The molecule has 2 aromatic rings. The molecular weight excluding hydrogens is 397 g/mol. The van der Waals surface area contributed by atoms with Crippen molar-refractivity contribution in [3.8, 4) is 5.75 Å². The molecule has 2 heterocycles. The molecule has 1 aromatic carbocycles. The van der Waals surface area contributed by atoms with E-state index in [9.17, 15) is 18.0 Å². The number of nitrogens with one attached hydrogen (secondary N) is 3. The van der Waals surface area contributed by atoms with Crippen molar-refractivity contribution < 1.29 is 32.6 Å². The van der Waals surface area contributed by atoms with Crippen LogP contribution in [0.25, 0.3) is 0 Å². The Bertz CT molecular complexity index is 818. The van der Waals surface area contributed by atoms with Crippen LogP contribution in [0.15, 0.2) is 42.6 Å². The number of halogens is 3. The van der Waals surface area contributed by atoms with E-state index in [-0.39, 0.29) is 5.91 Å². The number of alkyl halides is 3. The van der Waals surface area contributed by atoms with Crippen molar-refractivity contribution in [2.45, 2.75) is 12.6 Å². The van der Waals surface area contributed by atoms with Gasteiger partial charge < -0.3 is 15.0 Å². The number of aromatic amines is 1. The van der Waals surface area contributed by atoms with E-state index >= 15 is 0 Å². The molecule has 0 saturated carbocycles. The fraction of sp³-hybridized carbons (Fsp3) is 0.429. The van der Waals surface area contributed by atoms with Gasteiger partial charge in [-0.1, -0.05) is 12.1 Å². The minimum absolute atomic E-state index is 0.00746. The third-order valence-electron chi connectivity index (χ3n) is 5.24. The van der Waals surface area contributed by atoms with E-state index in [1.165, 1.54) is 11.0 Å². The maximum absolute atomic E-state index is 12.7. The van der Waals surface area contributed by atoms with Gasteiger partial charge in [0, 0.05) is 12.6 Å². The van der Waals surface area contributed by atoms with Crippen molar-refractivity contribution in [3.05, 3.63) is 53.7 Å². The largest absolute Gasteiger partial charge is 0.497 e. The highest BCUT2D eigenvalue weighted by atomic mass is 19.4. The minimum Gasteiger partial charge on any atom is -0.497 e. The van der Waals surface area contributed by atoms with Crippen molar-refractivity contribution in [2.75, 3.05) is 51.3 Å². The zero-order chi connectivity index (χ0) is 21.6. The first-order valence-corrected chi connectivity index (χ1v) is 9.92. The molecule has 6 nitrogen and oxygen atoms in total. The molecule has 9 heteroatoms. The van der Waals surface area contributed by atoms with Gasteiger partial charge >= 0.3 is 6.18 Å². The lowest BCUT2D eigenvalue weighted by Gasteiger charge is -2.28. The molecule has 3 rings (SSSR count). The number of amides is 1. The Morgan fingerprint density at radius 2 is 1.87 bits per heavy atom. The fourth-order valence-electron chi connectivity index (χ4n) is 3.46. The van der Waals surface area contributed by atoms with E-state index in [4.69, 9.17) is 4.74 Å². The number of benzene rings is 1. The van der Waals surface area contributed by atoms with Crippen LogP contribution in [0, 0.1) is 0 Å². The van der Waals surface area contributed by atoms with Gasteiger partial charge in [0.25, 0.3) is 11.7 Å². The van der Waals surface area contributed by atoms with Crippen molar-refractivity contribution in [3.63, 3.8) is 0 Å². The molecule has 0 aliphatic carbocycles. The molecule has 0 bridgehead atoms. The van der Waals surface area contributed by atoms with Gasteiger partial charge in [-0.3, -0.25) is 9.69 Å². The molecule has 0 unspecified atom stereocenters. The summed E-state index contributed by atoms with van der Waals surface area (Å²) < 4.78 is 43.1. The molecule has 0 spiro atoms. The molecule has 30 heavy (non-hydrogen) atoms. The number of pyridine rings is 1. The first-order valence-electron chi connectivity index (χ1n) is 9.92. The van der Waals surface area contributed by atoms with Gasteiger partial charge in [-0.2, -0.15) is 13.2 Å². The van der Waals surface area contributed by atoms with Crippen LogP contribution < -0.4 is 24.8 Å². The number of hydrogen-bond acceptors (Lipinski definition) is 3. The molecule has 162 valence electrons. The number of nitrogens with zero attached hydrogens (tertiary/aromatic N) is 1. The third-order valence-corrected chi connectivity index (χ3v) is 5.24. The lowest BCUT2D eigenvalue weighted by Crippen LogP contribution is -3.16. The Hall–Kier alpha value is -2.81. The second-order valence-electron chi connectivity index (χ2n) is 7.32. The van der Waals surface area contributed by atoms with Crippen molar-refractivity contribution in [1.29, 1.82) is 0 Å². The lowest BCUT2D eigenvalue weighted by molar-refractivity contribution is -0.892. The number of rotatable bonds is 7. The van der Waals surface area contributed by atoms with Crippen LogP contribution in [0.3, 0.4) is 0 Å². The number of carbonyl (C=O) groups excluding carboxylic acids is 1. The van der Waals surface area contributed by atoms with Crippen molar-refractivity contribution in [2.24, 2.45) is 0 Å². The number of anilines is 1. The van der Waals surface area contributed by atoms with E-state index in [0.29, 0.717) is 32.0 Å². The predicted octanol–water partition coefficient (Wildman–Crippen LogP) is 0.592. The molecule has 1 aliphatic rings. The number of quaternary nitrogens is 1. The Labute approximate surface area is 173 Å². The monoisotopic (exact) mass is 424 g/mol. The second-order valence-corrected chi connectivity index (χ2v) is 7.32. The summed E-state index contributed by atoms with van der Waals surface area (Å²) in [6.07, 6.45) is -2.61. The topological polar surface area (TPSA) is 60.1 Å². The predicted molar refractivity (Wildman–Crippen MR) is 105 cm³/mol. The number of piperazine rings is 1. The molecule has 1 amide bonds. The average molecular weight is 424 g/mol. The van der Waals surface area contributed by atoms with Gasteiger partial charge in [-0.05, 0) is 30.2 Å². The number of H-pyrrole nitrogens is 1. The van der Waals surface area contributed by atoms with Gasteiger partial charge in [0.15, 0.2) is 6.54 Å². The highest BCUT2D eigenvalue weighted by molar-refractivity contribution is 5.76. The summed E-state index contributed by atoms with van der Waals surface area (Å²) in [6, 6.07) is 10.3. The number of carbonyl (C=O) groups is 1. The fourth-order valence-corrected chi connectivity index (χ4v) is 3.46. The maximum atomic E-state index is 12.7. The first kappa shape index (κ1) is 21.9. The number of hydrogen-bond donors (Lipinski definition) is 2. The molecule has 1 aromatic heterocycles. The Kier molecular flexibility index (Phi) is 7.15. The van der Waals surface area contributed by atoms with Crippen molar-refractivity contribution >= 4 is 11.7 Å². The molecule has 1 aliphatic heterocycles. The number of ether oxygens (including phenoxy) is 1. The quantitative estimate of drug-likeness (QED) is 0.684. The maximum Gasteiger partial charge on any atom is 0.419 e. The summed E-state index contributed by atoms with van der Waals surface area (Å²) in [6.45, 7) is 3.83. The smallest absolute Gasteiger partial charge is 0.419 e. The van der Waals surface area contributed by atoms with Gasteiger partial charge in [-0.25, -0.2) is 4.98 Å². The molecule has 1 saturated heterocycles. The Balaban J connectivity index is 1.38. The Morgan fingerprint density at radius 3 is 2.43 bits per heavy atom. The summed E-state index contributed by atoms with van der Waals surface area (Å²) >= 11 is 0. The number of aromatic nitrogens is 1. The minimum atomic E-state index is -4.35. The zero-order valence-corrected chi connectivity index (χ0v) is 16.9. The van der Waals surface area contributed by atoms with Gasteiger partial charge in [0.1, 0.15) is 38.1 Å². The van der Waals surface area contributed by atoms with E-state index in [1.54, 1.807) is 7.11 Å². The highest BCUT2D eigenvalue weighted by Gasteiger charge is 2.33. The van der Waals surface area contributed by atoms with Gasteiger partial charge in [0.05, 0.1) is 12.7 Å². The van der Waals surface area contributed by atoms with Crippen LogP contribution >= 0.6 is 0 Å². The SMILES string of the molecule is COc1ccc(CCNC(=O)C[NH+]2CCN(c3ccc(C(F)(F)F)c[nH+]3)CC2)cc1. The summed E-state index contributed by atoms with van der Waals surface area (Å²) in [5.74, 6) is 1.47. The van der Waals surface area contributed by atoms with Crippen LogP contribution in [0.2, 0.25) is 0 Å². The average Bonchev–Trinajstić information content (AvgIpc) is 2.74. The van der Waals surface area contributed by atoms with Crippen LogP contribution in [0.1, 0.15) is 11.1 Å². The van der Waals surface area contributed by atoms with E-state index < -0.39 is 11.7 Å². The van der Waals surface area contributed by atoms with Crippen molar-refractivity contribution in [1.82, 2.24) is 5.32 Å². The lowest BCUT2D eigenvalue weighted by atomic mass is 10.1. The standard InChI is InChI=1S/C21H25F3N4O2/c1-30-18-5-2-16(3-6-18)8-9-25-20(29)15-27-10-12-28(13-11-27)19-7-4-17(14-26-19)21(22,23)24/h2-7,14H,8-13,15H2,1H3,(H,25,29)/p+2. The molecular formula is C21H27F3N4O2+2. The number of methoxy groups -OCH3 is 1. The van der Waals surface area contributed by atoms with E-state index in [2.05, 4.69) is 10.3 Å². The second kappa shape index (κ2) is 9.80. The first-order chi connectivity index (χ1) is 14.3. The van der Waals surface area contributed by atoms with Crippen LogP contribution in [-0.4, -0.2) is 52.3 Å². The molecule has 1 fully saturated rings. The van der Waals surface area contributed by atoms with E-state index in [0.717, 1.165) is 43.1 Å². The zero-order valence-electron chi connectivity index (χ0n) is 16.9. The summed E-state index contributed by atoms with van der Waals surface area (Å²) in [5.41, 5.74) is 0.437. The summed E-state index contributed by atoms with van der Waals surface area (Å²) in [7, 11) is 1.62. The van der Waals surface area contributed by atoms with Crippen LogP contribution in [0.5, 0.6) is 5.75 Å². The van der Waals surface area contributed by atoms with Gasteiger partial charge in [-0.15, -0.1) is 0 Å². The highest BCUT2D eigenvalue weighted by Crippen LogP contribution is 2.28. The molecule has 0 atom stereocenters. The molecule has 3 N–H and O–H groups in total. The van der Waals surface area contributed by atoms with E-state index in [1.807, 2.05) is 29.2 Å². The van der Waals surface area contributed by atoms with Crippen LogP contribution in [0.4, 0.5) is 19.0 Å². The third kappa shape index (κ3) is 6.09. The van der Waals surface area contributed by atoms with Gasteiger partial charge in [0.2, 0.25) is 0 Å². The molecule has 0 radical (unpaired) electrons. The summed E-state index contributed by atoms with van der Waals surface area (Å²) in [5, 5.41) is 2.95. The Morgan fingerprint density at radius 1 is 1.17 bits per heavy atom. The van der Waals surface area contributed by atoms with Crippen LogP contribution in [-0.2, 0) is 17.4 Å². The summed E-state index contributed by atoms with van der Waals surface area (Å²) in [4.78, 5) is 18.1. The normalized spacial score (nSPS) is 15.1.